The van der Waals surface area contributed by atoms with Crippen molar-refractivity contribution in [3.05, 3.63) is 48.3 Å². The molecule has 0 unspecified atom stereocenters. The number of nitrogens with one attached hydrogen (secondary N) is 1. The van der Waals surface area contributed by atoms with Crippen molar-refractivity contribution >= 4 is 5.78 Å². The van der Waals surface area contributed by atoms with Gasteiger partial charge < -0.3 is 9.88 Å². The van der Waals surface area contributed by atoms with Crippen molar-refractivity contribution in [3.8, 4) is 0 Å². The maximum Gasteiger partial charge on any atom is 0.212 e. The molecule has 3 rings (SSSR count). The van der Waals surface area contributed by atoms with Crippen LogP contribution in [-0.2, 0) is 0 Å². The van der Waals surface area contributed by atoms with Crippen molar-refractivity contribution in [1.29, 1.82) is 0 Å². The molecule has 1 aliphatic rings. The van der Waals surface area contributed by atoms with E-state index in [9.17, 15) is 4.79 Å². The zero-order chi connectivity index (χ0) is 13.1. The fourth-order valence-corrected chi connectivity index (χ4v) is 2.55. The van der Waals surface area contributed by atoms with Crippen LogP contribution in [0.2, 0.25) is 0 Å². The van der Waals surface area contributed by atoms with Gasteiger partial charge in [0.2, 0.25) is 5.78 Å². The van der Waals surface area contributed by atoms with Crippen LogP contribution >= 0.6 is 0 Å². The minimum Gasteiger partial charge on any atom is -0.342 e. The molecule has 19 heavy (non-hydrogen) atoms. The Balaban J connectivity index is 1.89. The molecule has 2 aromatic heterocycles. The van der Waals surface area contributed by atoms with Gasteiger partial charge in [-0.1, -0.05) is 0 Å². The van der Waals surface area contributed by atoms with Crippen molar-refractivity contribution in [2.75, 3.05) is 13.1 Å². The summed E-state index contributed by atoms with van der Waals surface area (Å²) in [5.74, 6) is -0.0101. The first-order valence-electron chi connectivity index (χ1n) is 6.53. The predicted molar refractivity (Wildman–Crippen MR) is 71.0 cm³/mol. The fourth-order valence-electron chi connectivity index (χ4n) is 2.55. The molecule has 0 spiro atoms. The smallest absolute Gasteiger partial charge is 0.212 e. The molecule has 2 aromatic rings. The van der Waals surface area contributed by atoms with Crippen LogP contribution in [0.1, 0.15) is 34.9 Å². The summed E-state index contributed by atoms with van der Waals surface area (Å²) in [6, 6.07) is 4.20. The zero-order valence-corrected chi connectivity index (χ0v) is 10.6. The molecule has 5 heteroatoms. The number of carbonyl (C=O) groups excluding carboxylic acids is 1. The largest absolute Gasteiger partial charge is 0.342 e. The van der Waals surface area contributed by atoms with Gasteiger partial charge in [0.05, 0.1) is 11.3 Å². The Hall–Kier alpha value is -2.01. The molecule has 0 aliphatic carbocycles. The summed E-state index contributed by atoms with van der Waals surface area (Å²) in [6.45, 7) is 2.01. The molecule has 3 heterocycles. The average molecular weight is 256 g/mol. The number of rotatable bonds is 3. The number of hydrogen-bond acceptors (Lipinski definition) is 4. The summed E-state index contributed by atoms with van der Waals surface area (Å²) in [4.78, 5) is 20.3. The van der Waals surface area contributed by atoms with Crippen molar-refractivity contribution in [2.45, 2.75) is 18.9 Å². The normalized spacial score (nSPS) is 16.4. The van der Waals surface area contributed by atoms with Gasteiger partial charge in [-0.2, -0.15) is 0 Å². The quantitative estimate of drug-likeness (QED) is 0.844. The predicted octanol–water partition coefficient (Wildman–Crippen LogP) is 1.43. The Morgan fingerprint density at radius 3 is 2.74 bits per heavy atom. The summed E-state index contributed by atoms with van der Waals surface area (Å²) < 4.78 is 2.09. The maximum atomic E-state index is 12.5. The van der Waals surface area contributed by atoms with Gasteiger partial charge in [-0.05, 0) is 38.1 Å². The number of nitrogens with zero attached hydrogens (tertiary/aromatic N) is 3. The lowest BCUT2D eigenvalue weighted by atomic mass is 10.1. The Kier molecular flexibility index (Phi) is 3.37. The first-order chi connectivity index (χ1) is 9.36. The van der Waals surface area contributed by atoms with Gasteiger partial charge >= 0.3 is 0 Å². The number of hydrogen-bond donors (Lipinski definition) is 1. The third-order valence-electron chi connectivity index (χ3n) is 3.54. The van der Waals surface area contributed by atoms with Crippen LogP contribution in [0.4, 0.5) is 0 Å². The van der Waals surface area contributed by atoms with Crippen molar-refractivity contribution in [3.63, 3.8) is 0 Å². The molecule has 0 saturated carbocycles. The lowest BCUT2D eigenvalue weighted by Crippen LogP contribution is -2.30. The Morgan fingerprint density at radius 2 is 2.00 bits per heavy atom. The molecular formula is C14H16N4O. The Labute approximate surface area is 111 Å². The molecule has 1 fully saturated rings. The summed E-state index contributed by atoms with van der Waals surface area (Å²) >= 11 is 0. The SMILES string of the molecule is O=C(c1cncnc1)c1cccn1C1CCNCC1. The van der Waals surface area contributed by atoms with Gasteiger partial charge in [0.25, 0.3) is 0 Å². The van der Waals surface area contributed by atoms with E-state index >= 15 is 0 Å². The molecule has 98 valence electrons. The minimum absolute atomic E-state index is 0.0101. The number of aromatic nitrogens is 3. The summed E-state index contributed by atoms with van der Waals surface area (Å²) in [6.07, 6.45) is 8.67. The van der Waals surface area contributed by atoms with E-state index in [-0.39, 0.29) is 5.78 Å². The molecule has 5 nitrogen and oxygen atoms in total. The van der Waals surface area contributed by atoms with Crippen LogP contribution in [0.15, 0.2) is 37.1 Å². The van der Waals surface area contributed by atoms with Gasteiger partial charge in [0.15, 0.2) is 0 Å². The lowest BCUT2D eigenvalue weighted by Gasteiger charge is -2.25. The van der Waals surface area contributed by atoms with Crippen molar-refractivity contribution in [1.82, 2.24) is 19.9 Å². The van der Waals surface area contributed by atoms with E-state index in [1.165, 1.54) is 6.33 Å². The molecule has 1 saturated heterocycles. The van der Waals surface area contributed by atoms with Crippen LogP contribution < -0.4 is 5.32 Å². The van der Waals surface area contributed by atoms with Crippen LogP contribution in [0.3, 0.4) is 0 Å². The van der Waals surface area contributed by atoms with E-state index in [4.69, 9.17) is 0 Å². The van der Waals surface area contributed by atoms with Crippen LogP contribution in [-0.4, -0.2) is 33.4 Å². The minimum atomic E-state index is -0.0101. The molecule has 0 aromatic carbocycles. The van der Waals surface area contributed by atoms with Gasteiger partial charge in [0.1, 0.15) is 6.33 Å². The van der Waals surface area contributed by atoms with Crippen molar-refractivity contribution < 1.29 is 4.79 Å². The van der Waals surface area contributed by atoms with E-state index in [1.54, 1.807) is 12.4 Å². The van der Waals surface area contributed by atoms with E-state index in [0.29, 0.717) is 11.6 Å². The number of carbonyl (C=O) groups is 1. The Morgan fingerprint density at radius 1 is 1.26 bits per heavy atom. The Bertz CT molecular complexity index is 558. The molecular weight excluding hydrogens is 240 g/mol. The highest BCUT2D eigenvalue weighted by Crippen LogP contribution is 2.22. The lowest BCUT2D eigenvalue weighted by molar-refractivity contribution is 0.102. The monoisotopic (exact) mass is 256 g/mol. The van der Waals surface area contributed by atoms with Crippen LogP contribution in [0.25, 0.3) is 0 Å². The summed E-state index contributed by atoms with van der Waals surface area (Å²) in [5.41, 5.74) is 1.26. The first kappa shape index (κ1) is 12.0. The van der Waals surface area contributed by atoms with E-state index in [2.05, 4.69) is 19.9 Å². The summed E-state index contributed by atoms with van der Waals surface area (Å²) in [7, 11) is 0. The molecule has 0 atom stereocenters. The van der Waals surface area contributed by atoms with Crippen LogP contribution in [0, 0.1) is 0 Å². The fraction of sp³-hybridized carbons (Fsp3) is 0.357. The summed E-state index contributed by atoms with van der Waals surface area (Å²) in [5, 5.41) is 3.34. The maximum absolute atomic E-state index is 12.5. The second-order valence-electron chi connectivity index (χ2n) is 4.74. The van der Waals surface area contributed by atoms with Crippen molar-refractivity contribution in [2.24, 2.45) is 0 Å². The van der Waals surface area contributed by atoms with E-state index < -0.39 is 0 Å². The zero-order valence-electron chi connectivity index (χ0n) is 10.6. The third-order valence-corrected chi connectivity index (χ3v) is 3.54. The van der Waals surface area contributed by atoms with Gasteiger partial charge in [-0.3, -0.25) is 4.79 Å². The van der Waals surface area contributed by atoms with Crippen LogP contribution in [0.5, 0.6) is 0 Å². The van der Waals surface area contributed by atoms with E-state index in [0.717, 1.165) is 31.6 Å². The van der Waals surface area contributed by atoms with Gasteiger partial charge in [0, 0.05) is 24.6 Å². The topological polar surface area (TPSA) is 59.8 Å². The second-order valence-corrected chi connectivity index (χ2v) is 4.74. The van der Waals surface area contributed by atoms with Gasteiger partial charge in [-0.25, -0.2) is 9.97 Å². The van der Waals surface area contributed by atoms with Gasteiger partial charge in [-0.15, -0.1) is 0 Å². The molecule has 1 aliphatic heterocycles. The molecule has 0 amide bonds. The molecule has 1 N–H and O–H groups in total. The highest BCUT2D eigenvalue weighted by atomic mass is 16.1. The average Bonchev–Trinajstić information content (AvgIpc) is 2.98. The molecule has 0 radical (unpaired) electrons. The highest BCUT2D eigenvalue weighted by molar-refractivity contribution is 6.07. The number of ketones is 1. The third kappa shape index (κ3) is 2.42. The standard InChI is InChI=1S/C14H16N4O/c19-14(11-8-16-10-17-9-11)13-2-1-7-18(13)12-3-5-15-6-4-12/h1-2,7-10,12,15H,3-6H2. The highest BCUT2D eigenvalue weighted by Gasteiger charge is 2.20. The first-order valence-corrected chi connectivity index (χ1v) is 6.53. The molecule has 0 bridgehead atoms. The second kappa shape index (κ2) is 5.32. The van der Waals surface area contributed by atoms with E-state index in [1.807, 2.05) is 18.3 Å². The number of piperidine rings is 1.